The third-order valence-corrected chi connectivity index (χ3v) is 5.34. The summed E-state index contributed by atoms with van der Waals surface area (Å²) in [6.45, 7) is 3.40. The number of para-hydroxylation sites is 1. The molecule has 1 amide bonds. The number of rotatable bonds is 2. The number of amides is 1. The molecular weight excluding hydrogens is 300 g/mol. The van der Waals surface area contributed by atoms with E-state index < -0.39 is 0 Å². The van der Waals surface area contributed by atoms with E-state index in [1.54, 1.807) is 0 Å². The predicted molar refractivity (Wildman–Crippen MR) is 94.1 cm³/mol. The Morgan fingerprint density at radius 2 is 1.88 bits per heavy atom. The van der Waals surface area contributed by atoms with Gasteiger partial charge in [-0.3, -0.25) is 4.79 Å². The number of benzene rings is 1. The first-order valence-electron chi connectivity index (χ1n) is 8.83. The summed E-state index contributed by atoms with van der Waals surface area (Å²) in [7, 11) is 2.03. The lowest BCUT2D eigenvalue weighted by Crippen LogP contribution is -2.50. The van der Waals surface area contributed by atoms with Gasteiger partial charge in [0, 0.05) is 44.6 Å². The minimum absolute atomic E-state index is 0.0433. The van der Waals surface area contributed by atoms with E-state index in [2.05, 4.69) is 38.7 Å². The molecule has 0 spiro atoms. The number of aryl methyl sites for hydroxylation is 1. The molecule has 126 valence electrons. The Labute approximate surface area is 142 Å². The summed E-state index contributed by atoms with van der Waals surface area (Å²) < 4.78 is 2.07. The Hall–Kier alpha value is -2.30. The van der Waals surface area contributed by atoms with Crippen molar-refractivity contribution in [2.75, 3.05) is 31.1 Å². The zero-order valence-corrected chi connectivity index (χ0v) is 14.2. The van der Waals surface area contributed by atoms with Gasteiger partial charge in [-0.25, -0.2) is 4.98 Å². The van der Waals surface area contributed by atoms with Gasteiger partial charge in [0.05, 0.1) is 17.9 Å². The topological polar surface area (TPSA) is 41.4 Å². The molecule has 1 atom stereocenters. The lowest BCUT2D eigenvalue weighted by Gasteiger charge is -2.38. The van der Waals surface area contributed by atoms with Gasteiger partial charge >= 0.3 is 0 Å². The van der Waals surface area contributed by atoms with Gasteiger partial charge < -0.3 is 14.4 Å². The molecule has 2 aromatic rings. The van der Waals surface area contributed by atoms with Crippen molar-refractivity contribution < 1.29 is 4.79 Å². The maximum Gasteiger partial charge on any atom is 0.231 e. The van der Waals surface area contributed by atoms with Crippen molar-refractivity contribution in [1.29, 1.82) is 0 Å². The van der Waals surface area contributed by atoms with Crippen LogP contribution < -0.4 is 4.90 Å². The smallest absolute Gasteiger partial charge is 0.231 e. The van der Waals surface area contributed by atoms with Gasteiger partial charge in [0.2, 0.25) is 5.91 Å². The van der Waals surface area contributed by atoms with E-state index in [1.165, 1.54) is 11.4 Å². The Morgan fingerprint density at radius 1 is 1.12 bits per heavy atom. The zero-order valence-electron chi connectivity index (χ0n) is 14.2. The molecule has 1 saturated heterocycles. The lowest BCUT2D eigenvalue weighted by molar-refractivity contribution is -0.133. The number of hydrogen-bond acceptors (Lipinski definition) is 3. The maximum atomic E-state index is 13.0. The summed E-state index contributed by atoms with van der Waals surface area (Å²) in [5.41, 5.74) is 3.50. The number of anilines is 1. The molecule has 0 bridgehead atoms. The van der Waals surface area contributed by atoms with Crippen LogP contribution in [0, 0.1) is 0 Å². The highest BCUT2D eigenvalue weighted by molar-refractivity contribution is 5.84. The fourth-order valence-electron chi connectivity index (χ4n) is 3.96. The van der Waals surface area contributed by atoms with Gasteiger partial charge in [0.25, 0.3) is 0 Å². The third-order valence-electron chi connectivity index (χ3n) is 5.34. The van der Waals surface area contributed by atoms with Gasteiger partial charge in [-0.2, -0.15) is 0 Å². The van der Waals surface area contributed by atoms with Gasteiger partial charge in [-0.15, -0.1) is 0 Å². The van der Waals surface area contributed by atoms with Crippen LogP contribution in [0.25, 0.3) is 0 Å². The molecule has 0 N–H and O–H groups in total. The Morgan fingerprint density at radius 3 is 2.62 bits per heavy atom. The highest BCUT2D eigenvalue weighted by Gasteiger charge is 2.33. The van der Waals surface area contributed by atoms with E-state index in [1.807, 2.05) is 24.3 Å². The lowest BCUT2D eigenvalue weighted by atomic mass is 9.88. The molecular formula is C19H24N4O. The van der Waals surface area contributed by atoms with Crippen LogP contribution in [0.1, 0.15) is 30.1 Å². The van der Waals surface area contributed by atoms with Crippen LogP contribution in [0.3, 0.4) is 0 Å². The van der Waals surface area contributed by atoms with Crippen LogP contribution in [-0.2, 0) is 18.3 Å². The second kappa shape index (κ2) is 6.30. The molecule has 2 heterocycles. The van der Waals surface area contributed by atoms with E-state index in [4.69, 9.17) is 0 Å². The van der Waals surface area contributed by atoms with Gasteiger partial charge in [-0.1, -0.05) is 18.2 Å². The molecule has 4 rings (SSSR count). The molecule has 1 fully saturated rings. The molecule has 0 saturated carbocycles. The van der Waals surface area contributed by atoms with Crippen molar-refractivity contribution in [2.45, 2.75) is 25.2 Å². The molecule has 1 aliphatic carbocycles. The van der Waals surface area contributed by atoms with Gasteiger partial charge in [-0.05, 0) is 31.4 Å². The van der Waals surface area contributed by atoms with Crippen molar-refractivity contribution >= 4 is 11.6 Å². The minimum atomic E-state index is -0.0433. The number of fused-ring (bicyclic) bond motifs is 1. The number of hydrogen-bond donors (Lipinski definition) is 0. The van der Waals surface area contributed by atoms with Crippen LogP contribution in [-0.4, -0.2) is 46.5 Å². The van der Waals surface area contributed by atoms with Crippen LogP contribution in [0.15, 0.2) is 36.7 Å². The minimum Gasteiger partial charge on any atom is -0.368 e. The van der Waals surface area contributed by atoms with Crippen molar-refractivity contribution in [3.05, 3.63) is 48.0 Å². The van der Waals surface area contributed by atoms with E-state index in [0.717, 1.165) is 51.1 Å². The maximum absolute atomic E-state index is 13.0. The molecule has 0 radical (unpaired) electrons. The summed E-state index contributed by atoms with van der Waals surface area (Å²) >= 11 is 0. The van der Waals surface area contributed by atoms with E-state index in [0.29, 0.717) is 0 Å². The molecule has 24 heavy (non-hydrogen) atoms. The molecule has 1 unspecified atom stereocenters. The first-order valence-corrected chi connectivity index (χ1v) is 8.83. The number of nitrogens with zero attached hydrogens (tertiary/aromatic N) is 4. The number of carbonyl (C=O) groups excluding carboxylic acids is 1. The van der Waals surface area contributed by atoms with E-state index >= 15 is 0 Å². The standard InChI is InChI=1S/C19H24N4O/c1-21-14-20-18-16(8-5-9-17(18)21)19(24)23-12-10-22(11-13-23)15-6-3-2-4-7-15/h2-4,6-7,14,16H,5,8-13H2,1H3. The van der Waals surface area contributed by atoms with Gasteiger partial charge in [0.15, 0.2) is 0 Å². The highest BCUT2D eigenvalue weighted by Crippen LogP contribution is 2.32. The van der Waals surface area contributed by atoms with Crippen LogP contribution in [0.5, 0.6) is 0 Å². The molecule has 1 aromatic carbocycles. The molecule has 5 heteroatoms. The van der Waals surface area contributed by atoms with Crippen molar-refractivity contribution in [3.63, 3.8) is 0 Å². The SMILES string of the molecule is Cn1cnc2c1CCCC2C(=O)N1CCN(c2ccccc2)CC1. The van der Waals surface area contributed by atoms with Crippen molar-refractivity contribution in [1.82, 2.24) is 14.5 Å². The van der Waals surface area contributed by atoms with Crippen molar-refractivity contribution in [3.8, 4) is 0 Å². The number of imidazole rings is 1. The monoisotopic (exact) mass is 324 g/mol. The molecule has 1 aromatic heterocycles. The fraction of sp³-hybridized carbons (Fsp3) is 0.474. The Balaban J connectivity index is 1.44. The van der Waals surface area contributed by atoms with Crippen LogP contribution in [0.4, 0.5) is 5.69 Å². The van der Waals surface area contributed by atoms with Crippen LogP contribution in [0.2, 0.25) is 0 Å². The van der Waals surface area contributed by atoms with Gasteiger partial charge in [0.1, 0.15) is 0 Å². The third kappa shape index (κ3) is 2.68. The molecule has 1 aliphatic heterocycles. The highest BCUT2D eigenvalue weighted by atomic mass is 16.2. The Kier molecular flexibility index (Phi) is 4.00. The summed E-state index contributed by atoms with van der Waals surface area (Å²) in [6, 6.07) is 10.4. The predicted octanol–water partition coefficient (Wildman–Crippen LogP) is 2.19. The summed E-state index contributed by atoms with van der Waals surface area (Å²) in [4.78, 5) is 21.9. The number of carbonyl (C=O) groups is 1. The summed E-state index contributed by atoms with van der Waals surface area (Å²) in [6.07, 6.45) is 4.90. The Bertz CT molecular complexity index is 716. The van der Waals surface area contributed by atoms with E-state index in [9.17, 15) is 4.79 Å². The first-order chi connectivity index (χ1) is 11.7. The average Bonchev–Trinajstić information content (AvgIpc) is 3.03. The van der Waals surface area contributed by atoms with Crippen molar-refractivity contribution in [2.24, 2.45) is 7.05 Å². The molecule has 2 aliphatic rings. The number of piperazine rings is 1. The first kappa shape index (κ1) is 15.2. The second-order valence-corrected chi connectivity index (χ2v) is 6.78. The average molecular weight is 324 g/mol. The van der Waals surface area contributed by atoms with Crippen LogP contribution >= 0.6 is 0 Å². The normalized spacial score (nSPS) is 20.8. The second-order valence-electron chi connectivity index (χ2n) is 6.78. The van der Waals surface area contributed by atoms with E-state index in [-0.39, 0.29) is 11.8 Å². The zero-order chi connectivity index (χ0) is 16.5. The number of aromatic nitrogens is 2. The summed E-state index contributed by atoms with van der Waals surface area (Å²) in [5, 5.41) is 0. The quantitative estimate of drug-likeness (QED) is 0.850. The fourth-order valence-corrected chi connectivity index (χ4v) is 3.96. The largest absolute Gasteiger partial charge is 0.368 e. The molecule has 5 nitrogen and oxygen atoms in total. The summed E-state index contributed by atoms with van der Waals surface area (Å²) in [5.74, 6) is 0.223.